The molecule has 56 heavy (non-hydrogen) atoms. The number of alkyl halides is 21. The van der Waals surface area contributed by atoms with Crippen LogP contribution in [-0.4, -0.2) is 109 Å². The van der Waals surface area contributed by atoms with E-state index < -0.39 is 122 Å². The van der Waals surface area contributed by atoms with Crippen molar-refractivity contribution in [3.05, 3.63) is 12.2 Å². The van der Waals surface area contributed by atoms with Gasteiger partial charge in [0.2, 0.25) is 0 Å². The largest absolute Gasteiger partial charge is 0.473 e. The molecule has 0 aromatic carbocycles. The Labute approximate surface area is 306 Å². The quantitative estimate of drug-likeness (QED) is 0.0376. The summed E-state index contributed by atoms with van der Waals surface area (Å²) in [6.07, 6.45) is -13.3. The highest BCUT2D eigenvalue weighted by Crippen LogP contribution is 2.66. The van der Waals surface area contributed by atoms with Gasteiger partial charge in [-0.05, 0) is 65.2 Å². The van der Waals surface area contributed by atoms with Crippen molar-refractivity contribution in [3.63, 3.8) is 0 Å². The van der Waals surface area contributed by atoms with Crippen LogP contribution in [0.3, 0.4) is 0 Å². The van der Waals surface area contributed by atoms with Crippen LogP contribution < -0.4 is 0 Å². The van der Waals surface area contributed by atoms with Crippen molar-refractivity contribution in [1.29, 1.82) is 0 Å². The summed E-state index contributed by atoms with van der Waals surface area (Å²) in [7, 11) is -7.33. The molecule has 1 unspecified atom stereocenters. The molecule has 0 fully saturated rings. The molecule has 0 bridgehead atoms. The van der Waals surface area contributed by atoms with Crippen LogP contribution in [0.2, 0.25) is 51.9 Å². The van der Waals surface area contributed by atoms with Gasteiger partial charge >= 0.3 is 79.9 Å². The molecular formula is C26H33F21O6Si3. The zero-order valence-electron chi connectivity index (χ0n) is 29.7. The van der Waals surface area contributed by atoms with Gasteiger partial charge in [-0.3, -0.25) is 0 Å². The summed E-state index contributed by atoms with van der Waals surface area (Å²) in [4.78, 5) is 23.3. The van der Waals surface area contributed by atoms with Gasteiger partial charge in [-0.15, -0.1) is 0 Å². The van der Waals surface area contributed by atoms with Gasteiger partial charge in [-0.2, -0.15) is 87.8 Å². The molecule has 332 valence electrons. The second kappa shape index (κ2) is 16.1. The van der Waals surface area contributed by atoms with E-state index in [1.165, 1.54) is 0 Å². The van der Waals surface area contributed by atoms with Gasteiger partial charge in [-0.1, -0.05) is 0 Å². The molecule has 30 heteroatoms. The monoisotopic (exact) mass is 924 g/mol. The van der Waals surface area contributed by atoms with Crippen LogP contribution in [0.15, 0.2) is 12.2 Å². The van der Waals surface area contributed by atoms with Gasteiger partial charge in [0.05, 0.1) is 6.61 Å². The molecular weight excluding hydrogens is 891 g/mol. The molecule has 0 aliphatic rings. The van der Waals surface area contributed by atoms with E-state index in [4.69, 9.17) is 8.23 Å². The molecule has 0 saturated carbocycles. The molecule has 0 N–H and O–H groups in total. The minimum atomic E-state index is -9.32. The molecule has 0 spiro atoms. The van der Waals surface area contributed by atoms with Crippen LogP contribution in [0.5, 0.6) is 0 Å². The molecule has 0 aromatic heterocycles. The Kier molecular flexibility index (Phi) is 15.5. The molecule has 0 aliphatic carbocycles. The zero-order chi connectivity index (χ0) is 45.6. The fraction of sp³-hybridized carbons (Fsp3) is 0.846. The number of hydrogen-bond donors (Lipinski definition) is 0. The van der Waals surface area contributed by atoms with E-state index in [0.29, 0.717) is 0 Å². The third-order valence-electron chi connectivity index (χ3n) is 6.69. The van der Waals surface area contributed by atoms with Crippen molar-refractivity contribution in [2.24, 2.45) is 0 Å². The first kappa shape index (κ1) is 53.8. The Bertz CT molecular complexity index is 1410. The molecule has 0 heterocycles. The molecule has 0 radical (unpaired) electrons. The first-order valence-electron chi connectivity index (χ1n) is 15.0. The molecule has 0 aliphatic heterocycles. The van der Waals surface area contributed by atoms with Crippen molar-refractivity contribution in [3.8, 4) is 0 Å². The average molecular weight is 925 g/mol. The number of carbonyl (C=O) groups excluding carboxylic acids is 2. The van der Waals surface area contributed by atoms with Crippen molar-refractivity contribution in [2.75, 3.05) is 6.61 Å². The third-order valence-corrected chi connectivity index (χ3v) is 16.3. The van der Waals surface area contributed by atoms with E-state index >= 15 is 0 Å². The number of halogens is 21. The predicted octanol–water partition coefficient (Wildman–Crippen LogP) is 10.5. The molecule has 6 nitrogen and oxygen atoms in total. The van der Waals surface area contributed by atoms with Crippen LogP contribution in [0.4, 0.5) is 92.2 Å². The highest BCUT2D eigenvalue weighted by Gasteiger charge is 2.98. The molecule has 1 atom stereocenters. The number of ether oxygens (including phenoxy) is 2. The highest BCUT2D eigenvalue weighted by atomic mass is 28.5. The van der Waals surface area contributed by atoms with E-state index in [-0.39, 0.29) is 18.5 Å². The second-order valence-corrected chi connectivity index (χ2v) is 26.8. The van der Waals surface area contributed by atoms with E-state index in [9.17, 15) is 102 Å². The lowest BCUT2D eigenvalue weighted by molar-refractivity contribution is -0.479. The minimum Gasteiger partial charge on any atom is -0.463 e. The Morgan fingerprint density at radius 3 is 1.14 bits per heavy atom. The fourth-order valence-corrected chi connectivity index (χ4v) is 16.7. The number of esters is 2. The first-order valence-corrected chi connectivity index (χ1v) is 24.3. The molecule has 0 rings (SSSR count). The summed E-state index contributed by atoms with van der Waals surface area (Å²) < 4.78 is 309. The van der Waals surface area contributed by atoms with Crippen LogP contribution in [0.1, 0.15) is 13.3 Å². The lowest BCUT2D eigenvalue weighted by Crippen LogP contribution is -2.77. The summed E-state index contributed by atoms with van der Waals surface area (Å²) in [6.45, 7) is 11.3. The third kappa shape index (κ3) is 10.1. The Morgan fingerprint density at radius 1 is 0.518 bits per heavy atom. The lowest BCUT2D eigenvalue weighted by Gasteiger charge is -2.44. The van der Waals surface area contributed by atoms with Crippen molar-refractivity contribution < 1.29 is 119 Å². The smallest absolute Gasteiger partial charge is 0.463 e. The Balaban J connectivity index is 6.29. The molecule has 0 amide bonds. The summed E-state index contributed by atoms with van der Waals surface area (Å²) in [5.74, 6) is -83.6. The standard InChI is InChI=1S/C26H33F21O6Si3/c1-14(27)17(28,29)18(30,31)19(32,33)20(34,35)21(36,37)22(38,39)23(40,41)24(42,43)25(44,45)26(46,47)51-16(49)11-10-15(48)50-12-9-13-56(8,52-54(2,3)4)53-55(5,6)7/h10-11,14H,9,12-13H2,1-8H3. The normalized spacial score (nSPS) is 16.3. The van der Waals surface area contributed by atoms with Gasteiger partial charge in [0, 0.05) is 12.2 Å². The first-order chi connectivity index (χ1) is 24.1. The Hall–Kier alpha value is -2.22. The fourth-order valence-electron chi connectivity index (χ4n) is 4.22. The lowest BCUT2D eigenvalue weighted by atomic mass is 9.85. The molecule has 0 aromatic rings. The van der Waals surface area contributed by atoms with Crippen LogP contribution in [0, 0.1) is 0 Å². The number of carbonyl (C=O) groups is 2. The van der Waals surface area contributed by atoms with Gasteiger partial charge in [0.25, 0.3) is 0 Å². The van der Waals surface area contributed by atoms with Gasteiger partial charge in [0.15, 0.2) is 22.8 Å². The summed E-state index contributed by atoms with van der Waals surface area (Å²) in [5, 5.41) is 0. The van der Waals surface area contributed by atoms with E-state index in [2.05, 4.69) is 9.47 Å². The van der Waals surface area contributed by atoms with Gasteiger partial charge in [-0.25, -0.2) is 14.0 Å². The second-order valence-electron chi connectivity index (χ2n) is 13.9. The summed E-state index contributed by atoms with van der Waals surface area (Å²) in [6, 6.07) is 0.173. The van der Waals surface area contributed by atoms with Crippen LogP contribution >= 0.6 is 0 Å². The Morgan fingerprint density at radius 2 is 0.821 bits per heavy atom. The number of hydrogen-bond acceptors (Lipinski definition) is 6. The maximum absolute atomic E-state index is 14.1. The van der Waals surface area contributed by atoms with Gasteiger partial charge in [0.1, 0.15) is 0 Å². The summed E-state index contributed by atoms with van der Waals surface area (Å²) in [5.41, 5.74) is 0. The van der Waals surface area contributed by atoms with Crippen LogP contribution in [-0.2, 0) is 27.3 Å². The van der Waals surface area contributed by atoms with E-state index in [0.717, 1.165) is 0 Å². The predicted molar refractivity (Wildman–Crippen MR) is 156 cm³/mol. The van der Waals surface area contributed by atoms with E-state index in [1.807, 2.05) is 39.3 Å². The maximum Gasteiger partial charge on any atom is 0.473 e. The number of rotatable bonds is 21. The average Bonchev–Trinajstić information content (AvgIpc) is 2.95. The zero-order valence-corrected chi connectivity index (χ0v) is 32.7. The highest BCUT2D eigenvalue weighted by molar-refractivity contribution is 6.87. The topological polar surface area (TPSA) is 71.1 Å². The SMILES string of the molecule is CC(F)C(F)(F)C(F)(F)C(F)(F)C(F)(F)C(F)(F)C(F)(F)C(F)(F)C(F)(F)C(F)(F)C(F)(F)OC(=O)C=CC(=O)OCCC[Si](C)(O[Si](C)(C)C)O[Si](C)(C)C. The van der Waals surface area contributed by atoms with E-state index in [1.54, 1.807) is 6.55 Å². The van der Waals surface area contributed by atoms with Crippen molar-refractivity contribution in [1.82, 2.24) is 0 Å². The van der Waals surface area contributed by atoms with Crippen molar-refractivity contribution >= 4 is 37.1 Å². The van der Waals surface area contributed by atoms with Crippen LogP contribution in [0.25, 0.3) is 0 Å². The molecule has 0 saturated heterocycles. The van der Waals surface area contributed by atoms with Crippen molar-refractivity contribution in [2.45, 2.75) is 131 Å². The maximum atomic E-state index is 14.1. The minimum absolute atomic E-state index is 0.0196. The summed E-state index contributed by atoms with van der Waals surface area (Å²) >= 11 is 0. The van der Waals surface area contributed by atoms with Gasteiger partial charge < -0.3 is 17.7 Å².